The third-order valence-electron chi connectivity index (χ3n) is 13.4. The van der Waals surface area contributed by atoms with Crippen LogP contribution in [0, 0.1) is 11.6 Å². The summed E-state index contributed by atoms with van der Waals surface area (Å²) in [4.78, 5) is 81.4. The van der Waals surface area contributed by atoms with Crippen molar-refractivity contribution >= 4 is 46.6 Å². The van der Waals surface area contributed by atoms with Crippen LogP contribution in [0.15, 0.2) is 88.7 Å². The Balaban J connectivity index is 0.000000187. The molecule has 2 aromatic heterocycles. The molecule has 0 unspecified atom stereocenters. The predicted molar refractivity (Wildman–Crippen MR) is 247 cm³/mol. The van der Waals surface area contributed by atoms with Crippen LogP contribution in [0.25, 0.3) is 0 Å². The van der Waals surface area contributed by atoms with E-state index in [1.807, 2.05) is 30.3 Å². The molecule has 5 aromatic rings. The minimum absolute atomic E-state index is 0.0130. The first-order chi connectivity index (χ1) is 32.4. The highest BCUT2D eigenvalue weighted by Crippen LogP contribution is 2.46. The van der Waals surface area contributed by atoms with Crippen molar-refractivity contribution < 1.29 is 47.6 Å². The number of amides is 2. The molecule has 2 amide bonds. The fraction of sp³-hybridized carbons (Fsp3) is 0.360. The molecular formula is C50H48Cl2F2N4O10. The van der Waals surface area contributed by atoms with Crippen molar-refractivity contribution in [2.45, 2.75) is 81.3 Å². The minimum atomic E-state index is -0.899. The Morgan fingerprint density at radius 2 is 1.19 bits per heavy atom. The summed E-state index contributed by atoms with van der Waals surface area (Å²) in [5.41, 5.74) is -1.87. The summed E-state index contributed by atoms with van der Waals surface area (Å²) in [5, 5.41) is 20.6. The number of aryl methyl sites for hydroxylation is 2. The van der Waals surface area contributed by atoms with E-state index >= 15 is 0 Å². The maximum atomic E-state index is 14.4. The van der Waals surface area contributed by atoms with E-state index in [-0.39, 0.29) is 87.8 Å². The molecule has 0 bridgehead atoms. The van der Waals surface area contributed by atoms with Gasteiger partial charge in [-0.25, -0.2) is 8.78 Å². The molecule has 14 nitrogen and oxygen atoms in total. The summed E-state index contributed by atoms with van der Waals surface area (Å²) in [6.07, 6.45) is 3.96. The van der Waals surface area contributed by atoms with E-state index in [9.17, 15) is 47.8 Å². The number of Topliss-reactive ketones (excluding diaryl/α,β-unsaturated/α-hetero) is 2. The fourth-order valence-electron chi connectivity index (χ4n) is 9.82. The molecule has 0 saturated heterocycles. The summed E-state index contributed by atoms with van der Waals surface area (Å²) < 4.78 is 43.0. The van der Waals surface area contributed by atoms with Crippen LogP contribution in [-0.2, 0) is 35.3 Å². The van der Waals surface area contributed by atoms with E-state index in [2.05, 4.69) is 0 Å². The maximum Gasteiger partial charge on any atom is 0.274 e. The first kappa shape index (κ1) is 48.3. The Morgan fingerprint density at radius 3 is 1.71 bits per heavy atom. The summed E-state index contributed by atoms with van der Waals surface area (Å²) >= 11 is 11.6. The standard InChI is InChI=1S/C28H26ClFN2O5.C22H22ClFN2O5/c1-31-16-28(12-19(33)13-28)32-14-20(22(34)11-10-18-8-5-9-21(29)23(18)30)25(35)26(24(32)27(31)36)37-15-17-6-3-2-4-7-17;1-25-11-22(8-13(9-22)31-2)26-10-14(19(28)20(29)18(26)21(25)30)16(27)7-6-12-4-3-5-15(23)17(12)24/h2-9,14,19,33H,10-13,15-16H2,1H3;3-5,10,13,29H,6-9,11H2,1-2H3. The van der Waals surface area contributed by atoms with Crippen molar-refractivity contribution in [3.8, 4) is 11.5 Å². The third-order valence-corrected chi connectivity index (χ3v) is 14.0. The number of aromatic nitrogens is 2. The average Bonchev–Trinajstić information content (AvgIpc) is 3.29. The van der Waals surface area contributed by atoms with E-state index in [1.54, 1.807) is 48.5 Å². The van der Waals surface area contributed by atoms with Crippen molar-refractivity contribution in [1.82, 2.24) is 18.9 Å². The Kier molecular flexibility index (Phi) is 13.5. The molecule has 3 aromatic carbocycles. The Hall–Kier alpha value is -6.20. The lowest BCUT2D eigenvalue weighted by atomic mass is 9.72. The number of aliphatic hydroxyl groups excluding tert-OH is 1. The van der Waals surface area contributed by atoms with Crippen LogP contribution < -0.4 is 15.6 Å². The molecule has 68 heavy (non-hydrogen) atoms. The van der Waals surface area contributed by atoms with Crippen LogP contribution in [-0.4, -0.2) is 99.0 Å². The fourth-order valence-corrected chi connectivity index (χ4v) is 10.2. The lowest BCUT2D eigenvalue weighted by Gasteiger charge is -2.53. The topological polar surface area (TPSA) is 178 Å². The van der Waals surface area contributed by atoms with Gasteiger partial charge in [-0.05, 0) is 67.3 Å². The summed E-state index contributed by atoms with van der Waals surface area (Å²) in [6, 6.07) is 18.3. The normalized spacial score (nSPS) is 21.4. The number of aromatic hydroxyl groups is 1. The molecule has 4 heterocycles. The lowest BCUT2D eigenvalue weighted by Crippen LogP contribution is -2.61. The minimum Gasteiger partial charge on any atom is -0.503 e. The molecule has 2 fully saturated rings. The highest BCUT2D eigenvalue weighted by molar-refractivity contribution is 6.31. The largest absolute Gasteiger partial charge is 0.503 e. The first-order valence-electron chi connectivity index (χ1n) is 22.0. The second kappa shape index (κ2) is 19.1. The van der Waals surface area contributed by atoms with Gasteiger partial charge >= 0.3 is 0 Å². The summed E-state index contributed by atoms with van der Waals surface area (Å²) in [6.45, 7) is 0.738. The van der Waals surface area contributed by atoms with E-state index in [0.29, 0.717) is 38.8 Å². The van der Waals surface area contributed by atoms with E-state index in [4.69, 9.17) is 32.7 Å². The average molecular weight is 974 g/mol. The highest BCUT2D eigenvalue weighted by atomic mass is 35.5. The second-order valence-electron chi connectivity index (χ2n) is 18.0. The Labute approximate surface area is 399 Å². The molecule has 2 aliphatic carbocycles. The summed E-state index contributed by atoms with van der Waals surface area (Å²) in [5.74, 6) is -4.05. The van der Waals surface area contributed by atoms with Crippen molar-refractivity contribution in [3.63, 3.8) is 0 Å². The van der Waals surface area contributed by atoms with E-state index in [1.165, 1.54) is 40.4 Å². The van der Waals surface area contributed by atoms with Crippen molar-refractivity contribution in [2.24, 2.45) is 0 Å². The number of ether oxygens (including phenoxy) is 2. The van der Waals surface area contributed by atoms with Crippen LogP contribution in [0.1, 0.15) is 96.9 Å². The molecule has 2 N–H and O–H groups in total. The molecule has 356 valence electrons. The van der Waals surface area contributed by atoms with Gasteiger partial charge in [-0.2, -0.15) is 0 Å². The summed E-state index contributed by atoms with van der Waals surface area (Å²) in [7, 11) is 4.85. The highest BCUT2D eigenvalue weighted by Gasteiger charge is 2.53. The molecular weight excluding hydrogens is 925 g/mol. The van der Waals surface area contributed by atoms with E-state index in [0.717, 1.165) is 5.56 Å². The van der Waals surface area contributed by atoms with Gasteiger partial charge in [-0.3, -0.25) is 28.8 Å². The van der Waals surface area contributed by atoms with Gasteiger partial charge in [-0.15, -0.1) is 0 Å². The molecule has 9 rings (SSSR count). The number of likely N-dealkylation sites (N-methyl/N-ethyl adjacent to an activating group) is 2. The Bertz CT molecular complexity index is 2970. The third kappa shape index (κ3) is 8.86. The van der Waals surface area contributed by atoms with Gasteiger partial charge < -0.3 is 38.6 Å². The number of hydrogen-bond donors (Lipinski definition) is 2. The molecule has 2 aliphatic heterocycles. The van der Waals surface area contributed by atoms with Gasteiger partial charge in [0.2, 0.25) is 10.9 Å². The monoisotopic (exact) mass is 972 g/mol. The van der Waals surface area contributed by atoms with Crippen LogP contribution in [0.5, 0.6) is 11.5 Å². The molecule has 18 heteroatoms. The van der Waals surface area contributed by atoms with Gasteiger partial charge in [0.05, 0.1) is 44.5 Å². The number of carbonyl (C=O) groups is 4. The number of benzene rings is 3. The number of ketones is 2. The zero-order valence-corrected chi connectivity index (χ0v) is 38.9. The lowest BCUT2D eigenvalue weighted by molar-refractivity contribution is -0.0673. The van der Waals surface area contributed by atoms with Gasteiger partial charge in [-0.1, -0.05) is 77.8 Å². The maximum absolute atomic E-state index is 14.4. The Morgan fingerprint density at radius 1 is 0.706 bits per heavy atom. The van der Waals surface area contributed by atoms with Crippen molar-refractivity contribution in [3.05, 3.63) is 160 Å². The number of rotatable bonds is 12. The second-order valence-corrected chi connectivity index (χ2v) is 18.8. The number of halogens is 4. The molecule has 0 radical (unpaired) electrons. The van der Waals surface area contributed by atoms with Crippen molar-refractivity contribution in [2.75, 3.05) is 34.3 Å². The number of nitrogens with zero attached hydrogens (tertiary/aromatic N) is 4. The zero-order valence-electron chi connectivity index (χ0n) is 37.4. The number of aliphatic hydroxyl groups is 1. The van der Waals surface area contributed by atoms with Crippen molar-refractivity contribution in [1.29, 1.82) is 0 Å². The molecule has 2 saturated carbocycles. The number of carbonyl (C=O) groups excluding carboxylic acids is 4. The molecule has 2 spiro atoms. The molecule has 4 aliphatic rings. The van der Waals surface area contributed by atoms with Gasteiger partial charge in [0.1, 0.15) is 18.2 Å². The van der Waals surface area contributed by atoms with Crippen LogP contribution in [0.4, 0.5) is 8.78 Å². The smallest absolute Gasteiger partial charge is 0.274 e. The van der Waals surface area contributed by atoms with E-state index < -0.39 is 68.8 Å². The molecule has 0 atom stereocenters. The van der Waals surface area contributed by atoms with Gasteiger partial charge in [0.25, 0.3) is 11.8 Å². The first-order valence-corrected chi connectivity index (χ1v) is 22.7. The quantitative estimate of drug-likeness (QED) is 0.128. The van der Waals surface area contributed by atoms with Crippen LogP contribution >= 0.6 is 23.2 Å². The van der Waals surface area contributed by atoms with Crippen LogP contribution in [0.2, 0.25) is 10.0 Å². The van der Waals surface area contributed by atoms with Gasteiger partial charge in [0.15, 0.2) is 34.5 Å². The number of fused-ring (bicyclic) bond motifs is 4. The number of methoxy groups -OCH3 is 1. The SMILES string of the molecule is CN1CC2(CC(O)C2)n2cc(C(=O)CCc3cccc(Cl)c3F)c(=O)c(OCc3ccccc3)c2C1=O.COC1CC2(C1)CN(C)C(=O)c1c(O)c(=O)c(C(=O)CCc3cccc(Cl)c3F)cn12. The zero-order chi connectivity index (χ0) is 48.8. The number of hydrogen-bond acceptors (Lipinski definition) is 10. The van der Waals surface area contributed by atoms with Gasteiger partial charge in [0, 0.05) is 59.5 Å². The number of pyridine rings is 2. The van der Waals surface area contributed by atoms with Crippen LogP contribution in [0.3, 0.4) is 0 Å². The predicted octanol–water partition coefficient (Wildman–Crippen LogP) is 6.72.